The van der Waals surface area contributed by atoms with Crippen molar-refractivity contribution in [3.8, 4) is 5.75 Å². The molecule has 4 rings (SSSR count). The zero-order chi connectivity index (χ0) is 21.1. The number of piperidine rings is 1. The number of aromatic nitrogens is 1. The van der Waals surface area contributed by atoms with Crippen LogP contribution in [0.1, 0.15) is 40.0 Å². The normalized spacial score (nSPS) is 17.2. The SMILES string of the molecule is O=C(c1cnc(N2CCN(C(=O)c3cccc(O)c3)CC2)c(Cl)c1)N1CCCCC1. The third-order valence-electron chi connectivity index (χ3n) is 5.67. The van der Waals surface area contributed by atoms with Gasteiger partial charge in [0.1, 0.15) is 11.6 Å². The van der Waals surface area contributed by atoms with Crippen LogP contribution in [0.4, 0.5) is 5.82 Å². The molecule has 8 heteroatoms. The monoisotopic (exact) mass is 428 g/mol. The lowest BCUT2D eigenvalue weighted by molar-refractivity contribution is 0.0721. The second-order valence-electron chi connectivity index (χ2n) is 7.71. The Kier molecular flexibility index (Phi) is 6.08. The van der Waals surface area contributed by atoms with Crippen molar-refractivity contribution in [2.24, 2.45) is 0 Å². The summed E-state index contributed by atoms with van der Waals surface area (Å²) in [6.45, 7) is 3.82. The zero-order valence-corrected chi connectivity index (χ0v) is 17.5. The number of benzene rings is 1. The summed E-state index contributed by atoms with van der Waals surface area (Å²) in [4.78, 5) is 35.4. The average Bonchev–Trinajstić information content (AvgIpc) is 2.79. The van der Waals surface area contributed by atoms with E-state index in [9.17, 15) is 14.7 Å². The maximum absolute atomic E-state index is 12.7. The van der Waals surface area contributed by atoms with Gasteiger partial charge in [-0.05, 0) is 43.5 Å². The predicted octanol–water partition coefficient (Wildman–Crippen LogP) is 3.03. The van der Waals surface area contributed by atoms with E-state index in [1.54, 1.807) is 35.4 Å². The number of aromatic hydroxyl groups is 1. The molecule has 1 aromatic heterocycles. The second kappa shape index (κ2) is 8.92. The number of pyridine rings is 1. The molecule has 158 valence electrons. The van der Waals surface area contributed by atoms with Gasteiger partial charge < -0.3 is 19.8 Å². The molecule has 0 spiro atoms. The summed E-state index contributed by atoms with van der Waals surface area (Å²) in [6, 6.07) is 8.08. The summed E-state index contributed by atoms with van der Waals surface area (Å²) in [6.07, 6.45) is 4.84. The van der Waals surface area contributed by atoms with Crippen LogP contribution < -0.4 is 4.90 Å². The van der Waals surface area contributed by atoms with Crippen LogP contribution >= 0.6 is 11.6 Å². The van der Waals surface area contributed by atoms with Gasteiger partial charge in [0.2, 0.25) is 0 Å². The number of nitrogens with zero attached hydrogens (tertiary/aromatic N) is 4. The van der Waals surface area contributed by atoms with E-state index in [0.29, 0.717) is 48.1 Å². The largest absolute Gasteiger partial charge is 0.508 e. The molecule has 2 fully saturated rings. The number of halogens is 1. The Morgan fingerprint density at radius 1 is 0.867 bits per heavy atom. The van der Waals surface area contributed by atoms with E-state index in [1.165, 1.54) is 12.5 Å². The van der Waals surface area contributed by atoms with Gasteiger partial charge in [0, 0.05) is 51.0 Å². The van der Waals surface area contributed by atoms with Gasteiger partial charge in [-0.2, -0.15) is 0 Å². The number of anilines is 1. The topological polar surface area (TPSA) is 77.0 Å². The summed E-state index contributed by atoms with van der Waals surface area (Å²) in [5.41, 5.74) is 0.989. The molecule has 0 aliphatic carbocycles. The van der Waals surface area contributed by atoms with E-state index in [0.717, 1.165) is 25.9 Å². The van der Waals surface area contributed by atoms with E-state index in [4.69, 9.17) is 11.6 Å². The van der Waals surface area contributed by atoms with Crippen molar-refractivity contribution in [3.63, 3.8) is 0 Å². The number of phenolic OH excluding ortho intramolecular Hbond substituents is 1. The predicted molar refractivity (Wildman–Crippen MR) is 115 cm³/mol. The molecule has 7 nitrogen and oxygen atoms in total. The fourth-order valence-electron chi connectivity index (χ4n) is 4.00. The molecule has 2 aromatic rings. The Hall–Kier alpha value is -2.80. The smallest absolute Gasteiger partial charge is 0.255 e. The minimum absolute atomic E-state index is 0.0165. The van der Waals surface area contributed by atoms with Crippen LogP contribution in [0.3, 0.4) is 0 Å². The third kappa shape index (κ3) is 4.36. The van der Waals surface area contributed by atoms with Gasteiger partial charge in [0.15, 0.2) is 0 Å². The molecule has 30 heavy (non-hydrogen) atoms. The molecule has 1 aromatic carbocycles. The van der Waals surface area contributed by atoms with E-state index < -0.39 is 0 Å². The van der Waals surface area contributed by atoms with Gasteiger partial charge in [0.05, 0.1) is 10.6 Å². The first-order valence-electron chi connectivity index (χ1n) is 10.3. The molecule has 2 amide bonds. The molecular weight excluding hydrogens is 404 g/mol. The first-order chi connectivity index (χ1) is 14.5. The Bertz CT molecular complexity index is 938. The van der Waals surface area contributed by atoms with Gasteiger partial charge in [-0.15, -0.1) is 0 Å². The maximum atomic E-state index is 12.7. The summed E-state index contributed by atoms with van der Waals surface area (Å²) in [7, 11) is 0. The average molecular weight is 429 g/mol. The Labute approximate surface area is 180 Å². The molecule has 2 aliphatic rings. The summed E-state index contributed by atoms with van der Waals surface area (Å²) < 4.78 is 0. The first kappa shape index (κ1) is 20.5. The Balaban J connectivity index is 1.39. The number of phenols is 1. The molecule has 2 saturated heterocycles. The van der Waals surface area contributed by atoms with Crippen molar-refractivity contribution in [1.82, 2.24) is 14.8 Å². The van der Waals surface area contributed by atoms with Gasteiger partial charge >= 0.3 is 0 Å². The van der Waals surface area contributed by atoms with E-state index in [1.807, 2.05) is 9.80 Å². The van der Waals surface area contributed by atoms with E-state index in [2.05, 4.69) is 4.98 Å². The molecule has 0 bridgehead atoms. The highest BCUT2D eigenvalue weighted by Crippen LogP contribution is 2.26. The van der Waals surface area contributed by atoms with Crippen LogP contribution in [0.15, 0.2) is 36.5 Å². The standard InChI is InChI=1S/C22H25ClN4O3/c23-19-14-17(22(30)26-7-2-1-3-8-26)15-24-20(19)25-9-11-27(12-10-25)21(29)16-5-4-6-18(28)13-16/h4-6,13-15,28H,1-3,7-12H2. The molecule has 1 N–H and O–H groups in total. The highest BCUT2D eigenvalue weighted by atomic mass is 35.5. The summed E-state index contributed by atoms with van der Waals surface area (Å²) in [5, 5.41) is 10.0. The second-order valence-corrected chi connectivity index (χ2v) is 8.12. The number of carbonyl (C=O) groups excluding carboxylic acids is 2. The van der Waals surface area contributed by atoms with Crippen LogP contribution in [0.2, 0.25) is 5.02 Å². The van der Waals surface area contributed by atoms with Crippen LogP contribution in [-0.2, 0) is 0 Å². The molecule has 3 heterocycles. The van der Waals surface area contributed by atoms with Crippen molar-refractivity contribution in [2.45, 2.75) is 19.3 Å². The van der Waals surface area contributed by atoms with Crippen LogP contribution in [0.5, 0.6) is 5.75 Å². The number of hydrogen-bond acceptors (Lipinski definition) is 5. The van der Waals surface area contributed by atoms with E-state index >= 15 is 0 Å². The van der Waals surface area contributed by atoms with Gasteiger partial charge in [0.25, 0.3) is 11.8 Å². The lowest BCUT2D eigenvalue weighted by Gasteiger charge is -2.36. The summed E-state index contributed by atoms with van der Waals surface area (Å²) >= 11 is 6.47. The lowest BCUT2D eigenvalue weighted by Crippen LogP contribution is -2.49. The van der Waals surface area contributed by atoms with Crippen molar-refractivity contribution in [3.05, 3.63) is 52.7 Å². The number of rotatable bonds is 3. The first-order valence-corrected chi connectivity index (χ1v) is 10.7. The van der Waals surface area contributed by atoms with E-state index in [-0.39, 0.29) is 17.6 Å². The summed E-state index contributed by atoms with van der Waals surface area (Å²) in [5.74, 6) is 0.593. The quantitative estimate of drug-likeness (QED) is 0.813. The maximum Gasteiger partial charge on any atom is 0.255 e. The van der Waals surface area contributed by atoms with Crippen molar-refractivity contribution in [1.29, 1.82) is 0 Å². The Morgan fingerprint density at radius 2 is 1.53 bits per heavy atom. The van der Waals surface area contributed by atoms with Crippen LogP contribution in [0, 0.1) is 0 Å². The molecule has 2 aliphatic heterocycles. The molecular formula is C22H25ClN4O3. The number of hydrogen-bond donors (Lipinski definition) is 1. The van der Waals surface area contributed by atoms with Gasteiger partial charge in [-0.25, -0.2) is 4.98 Å². The Morgan fingerprint density at radius 3 is 2.20 bits per heavy atom. The zero-order valence-electron chi connectivity index (χ0n) is 16.8. The van der Waals surface area contributed by atoms with Crippen molar-refractivity contribution >= 4 is 29.2 Å². The highest BCUT2D eigenvalue weighted by Gasteiger charge is 2.25. The van der Waals surface area contributed by atoms with Crippen LogP contribution in [-0.4, -0.2) is 71.0 Å². The number of amides is 2. The van der Waals surface area contributed by atoms with Gasteiger partial charge in [-0.3, -0.25) is 9.59 Å². The number of likely N-dealkylation sites (tertiary alicyclic amines) is 1. The third-order valence-corrected chi connectivity index (χ3v) is 5.95. The minimum Gasteiger partial charge on any atom is -0.508 e. The van der Waals surface area contributed by atoms with Crippen LogP contribution in [0.25, 0.3) is 0 Å². The number of piperazine rings is 1. The fourth-order valence-corrected chi connectivity index (χ4v) is 4.29. The minimum atomic E-state index is -0.105. The fraction of sp³-hybridized carbons (Fsp3) is 0.409. The van der Waals surface area contributed by atoms with Gasteiger partial charge in [-0.1, -0.05) is 17.7 Å². The molecule has 0 radical (unpaired) electrons. The molecule has 0 unspecified atom stereocenters. The molecule has 0 saturated carbocycles. The van der Waals surface area contributed by atoms with Crippen molar-refractivity contribution in [2.75, 3.05) is 44.2 Å². The molecule has 0 atom stereocenters. The van der Waals surface area contributed by atoms with Crippen molar-refractivity contribution < 1.29 is 14.7 Å². The number of carbonyl (C=O) groups is 2. The highest BCUT2D eigenvalue weighted by molar-refractivity contribution is 6.33. The lowest BCUT2D eigenvalue weighted by atomic mass is 10.1.